The maximum Gasteiger partial charge on any atom is 0.0849 e. The zero-order valence-corrected chi connectivity index (χ0v) is 17.8. The number of halogens is 2. The van der Waals surface area contributed by atoms with Gasteiger partial charge < -0.3 is 0 Å². The van der Waals surface area contributed by atoms with Crippen LogP contribution >= 0.6 is 23.2 Å². The van der Waals surface area contributed by atoms with Gasteiger partial charge in [-0.3, -0.25) is 9.98 Å². The van der Waals surface area contributed by atoms with Gasteiger partial charge in [-0.2, -0.15) is 0 Å². The summed E-state index contributed by atoms with van der Waals surface area (Å²) in [6, 6.07) is 17.2. The van der Waals surface area contributed by atoms with Gasteiger partial charge in [-0.15, -0.1) is 0 Å². The van der Waals surface area contributed by atoms with Gasteiger partial charge in [0.2, 0.25) is 0 Å². The summed E-state index contributed by atoms with van der Waals surface area (Å²) >= 11 is 12.2. The molecular weight excluding hydrogens is 389 g/mol. The van der Waals surface area contributed by atoms with E-state index in [-0.39, 0.29) is 0 Å². The van der Waals surface area contributed by atoms with Gasteiger partial charge >= 0.3 is 0 Å². The molecular formula is C23H21Cl2N3. The molecule has 142 valence electrons. The van der Waals surface area contributed by atoms with Crippen LogP contribution in [0.25, 0.3) is 0 Å². The zero-order chi connectivity index (χ0) is 20.3. The predicted octanol–water partition coefficient (Wildman–Crippen LogP) is 7.29. The van der Waals surface area contributed by atoms with Crippen LogP contribution in [0.4, 0.5) is 11.4 Å². The number of nitrogens with zero attached hydrogens (tertiary/aromatic N) is 3. The molecule has 5 heteroatoms. The van der Waals surface area contributed by atoms with Gasteiger partial charge in [0.05, 0.1) is 34.2 Å². The van der Waals surface area contributed by atoms with E-state index in [2.05, 4.69) is 0 Å². The maximum atomic E-state index is 6.10. The Bertz CT molecular complexity index is 1000. The molecule has 28 heavy (non-hydrogen) atoms. The van der Waals surface area contributed by atoms with Crippen molar-refractivity contribution in [2.24, 2.45) is 9.98 Å². The first-order valence-corrected chi connectivity index (χ1v) is 9.70. The van der Waals surface area contributed by atoms with Crippen LogP contribution in [-0.4, -0.2) is 16.4 Å². The van der Waals surface area contributed by atoms with Crippen molar-refractivity contribution in [3.63, 3.8) is 0 Å². The first-order chi connectivity index (χ1) is 13.3. The number of aliphatic imine (C=N–C) groups is 2. The first-order valence-electron chi connectivity index (χ1n) is 8.94. The fourth-order valence-electron chi connectivity index (χ4n) is 2.72. The third kappa shape index (κ3) is 4.86. The average molecular weight is 410 g/mol. The Kier molecular flexibility index (Phi) is 6.28. The van der Waals surface area contributed by atoms with Gasteiger partial charge in [-0.05, 0) is 75.2 Å². The molecule has 1 aromatic heterocycles. The van der Waals surface area contributed by atoms with E-state index in [4.69, 9.17) is 38.2 Å². The second-order valence-corrected chi connectivity index (χ2v) is 7.54. The summed E-state index contributed by atoms with van der Waals surface area (Å²) in [7, 11) is 0. The Balaban J connectivity index is 1.95. The number of hydrogen-bond acceptors (Lipinski definition) is 3. The van der Waals surface area contributed by atoms with E-state index in [1.807, 2.05) is 82.3 Å². The minimum absolute atomic E-state index is 0.665. The third-order valence-corrected chi connectivity index (χ3v) is 4.88. The van der Waals surface area contributed by atoms with Crippen molar-refractivity contribution in [2.45, 2.75) is 27.7 Å². The highest BCUT2D eigenvalue weighted by atomic mass is 35.5. The van der Waals surface area contributed by atoms with Gasteiger partial charge in [0.15, 0.2) is 0 Å². The molecule has 0 amide bonds. The second kappa shape index (κ2) is 8.68. The molecule has 3 aromatic rings. The maximum absolute atomic E-state index is 6.10. The average Bonchev–Trinajstić information content (AvgIpc) is 2.67. The molecule has 0 radical (unpaired) electrons. The second-order valence-electron chi connectivity index (χ2n) is 6.66. The Hall–Kier alpha value is -2.49. The normalized spacial score (nSPS) is 12.4. The van der Waals surface area contributed by atoms with E-state index >= 15 is 0 Å². The number of hydrogen-bond donors (Lipinski definition) is 0. The van der Waals surface area contributed by atoms with Crippen LogP contribution < -0.4 is 0 Å². The molecule has 0 atom stereocenters. The smallest absolute Gasteiger partial charge is 0.0849 e. The molecule has 0 fully saturated rings. The molecule has 0 unspecified atom stereocenters. The summed E-state index contributed by atoms with van der Waals surface area (Å²) in [6.07, 6.45) is 0. The Labute approximate surface area is 175 Å². The summed E-state index contributed by atoms with van der Waals surface area (Å²) in [5.74, 6) is 0. The van der Waals surface area contributed by atoms with Crippen LogP contribution in [0.3, 0.4) is 0 Å². The molecule has 0 bridgehead atoms. The molecule has 3 nitrogen and oxygen atoms in total. The first kappa shape index (κ1) is 20.2. The van der Waals surface area contributed by atoms with Crippen molar-refractivity contribution in [3.8, 4) is 0 Å². The molecule has 1 heterocycles. The Morgan fingerprint density at radius 2 is 1.14 bits per heavy atom. The van der Waals surface area contributed by atoms with Crippen LogP contribution in [0.1, 0.15) is 36.4 Å². The van der Waals surface area contributed by atoms with E-state index in [1.54, 1.807) is 0 Å². The van der Waals surface area contributed by atoms with Gasteiger partial charge in [-0.1, -0.05) is 41.4 Å². The molecule has 0 aliphatic heterocycles. The van der Waals surface area contributed by atoms with E-state index in [1.165, 1.54) is 0 Å². The molecule has 0 spiro atoms. The quantitative estimate of drug-likeness (QED) is 0.416. The van der Waals surface area contributed by atoms with Crippen LogP contribution in [0.2, 0.25) is 10.0 Å². The Morgan fingerprint density at radius 3 is 1.57 bits per heavy atom. The molecule has 0 aliphatic rings. The summed E-state index contributed by atoms with van der Waals surface area (Å²) in [6.45, 7) is 7.91. The highest BCUT2D eigenvalue weighted by Gasteiger charge is 2.07. The van der Waals surface area contributed by atoms with Gasteiger partial charge in [-0.25, -0.2) is 4.98 Å². The minimum atomic E-state index is 0.665. The summed E-state index contributed by atoms with van der Waals surface area (Å²) < 4.78 is 0. The standard InChI is InChI=1S/C23H21Cl2N3/c1-14-8-10-18(24)12-22(14)26-16(3)20-6-5-7-21(28-20)17(4)27-23-13-19(25)11-9-15(23)2/h5-13H,1-4H3/b26-16+,27-17+. The largest absolute Gasteiger partial charge is 0.251 e. The molecule has 2 aromatic carbocycles. The minimum Gasteiger partial charge on any atom is -0.251 e. The SMILES string of the molecule is C/C(=N\c1cc(Cl)ccc1C)c1cccc(/C(C)=N/c2cc(Cl)ccc2C)n1. The van der Waals surface area contributed by atoms with Gasteiger partial charge in [0.1, 0.15) is 0 Å². The monoisotopic (exact) mass is 409 g/mol. The molecule has 0 saturated carbocycles. The van der Waals surface area contributed by atoms with E-state index < -0.39 is 0 Å². The highest BCUT2D eigenvalue weighted by Crippen LogP contribution is 2.25. The third-order valence-electron chi connectivity index (χ3n) is 4.41. The lowest BCUT2D eigenvalue weighted by Crippen LogP contribution is -2.05. The Morgan fingerprint density at radius 1 is 0.714 bits per heavy atom. The van der Waals surface area contributed by atoms with Crippen LogP contribution in [0.5, 0.6) is 0 Å². The van der Waals surface area contributed by atoms with Gasteiger partial charge in [0.25, 0.3) is 0 Å². The lowest BCUT2D eigenvalue weighted by atomic mass is 10.1. The summed E-state index contributed by atoms with van der Waals surface area (Å²) in [4.78, 5) is 14.2. The van der Waals surface area contributed by atoms with Crippen molar-refractivity contribution in [3.05, 3.63) is 87.2 Å². The fraction of sp³-hybridized carbons (Fsp3) is 0.174. The molecule has 0 aliphatic carbocycles. The lowest BCUT2D eigenvalue weighted by Gasteiger charge is -2.07. The molecule has 0 saturated heterocycles. The topological polar surface area (TPSA) is 37.6 Å². The van der Waals surface area contributed by atoms with Crippen LogP contribution in [-0.2, 0) is 0 Å². The van der Waals surface area contributed by atoms with Crippen LogP contribution in [0.15, 0.2) is 64.6 Å². The number of benzene rings is 2. The summed E-state index contributed by atoms with van der Waals surface area (Å²) in [5.41, 5.74) is 7.05. The fourth-order valence-corrected chi connectivity index (χ4v) is 3.05. The molecule has 3 rings (SSSR count). The number of rotatable bonds is 4. The zero-order valence-electron chi connectivity index (χ0n) is 16.3. The van der Waals surface area contributed by atoms with Crippen molar-refractivity contribution >= 4 is 46.0 Å². The summed E-state index contributed by atoms with van der Waals surface area (Å²) in [5, 5.41) is 1.33. The van der Waals surface area contributed by atoms with Crippen molar-refractivity contribution < 1.29 is 0 Å². The predicted molar refractivity (Wildman–Crippen MR) is 120 cm³/mol. The van der Waals surface area contributed by atoms with Crippen LogP contribution in [0, 0.1) is 13.8 Å². The van der Waals surface area contributed by atoms with E-state index in [0.29, 0.717) is 10.0 Å². The van der Waals surface area contributed by atoms with Crippen molar-refractivity contribution in [1.29, 1.82) is 0 Å². The number of aryl methyl sites for hydroxylation is 2. The number of aromatic nitrogens is 1. The van der Waals surface area contributed by atoms with E-state index in [9.17, 15) is 0 Å². The van der Waals surface area contributed by atoms with E-state index in [0.717, 1.165) is 45.3 Å². The molecule has 0 N–H and O–H groups in total. The highest BCUT2D eigenvalue weighted by molar-refractivity contribution is 6.31. The van der Waals surface area contributed by atoms with Crippen molar-refractivity contribution in [1.82, 2.24) is 4.98 Å². The van der Waals surface area contributed by atoms with Crippen molar-refractivity contribution in [2.75, 3.05) is 0 Å². The lowest BCUT2D eigenvalue weighted by molar-refractivity contribution is 1.23. The number of pyridine rings is 1. The van der Waals surface area contributed by atoms with Gasteiger partial charge in [0, 0.05) is 10.0 Å².